The molecule has 0 atom stereocenters. The molecule has 19 heavy (non-hydrogen) atoms. The van der Waals surface area contributed by atoms with Crippen molar-refractivity contribution in [2.75, 3.05) is 12.8 Å². The summed E-state index contributed by atoms with van der Waals surface area (Å²) in [7, 11) is 1.38. The molecule has 1 heterocycles. The van der Waals surface area contributed by atoms with E-state index in [4.69, 9.17) is 15.0 Å². The van der Waals surface area contributed by atoms with Gasteiger partial charge in [0.2, 0.25) is 0 Å². The van der Waals surface area contributed by atoms with Gasteiger partial charge in [0.1, 0.15) is 0 Å². The summed E-state index contributed by atoms with van der Waals surface area (Å²) in [5.41, 5.74) is 6.84. The van der Waals surface area contributed by atoms with Crippen molar-refractivity contribution in [3.63, 3.8) is 0 Å². The van der Waals surface area contributed by atoms with Crippen LogP contribution in [0, 0.1) is 10.1 Å². The molecule has 7 heteroatoms. The van der Waals surface area contributed by atoms with Gasteiger partial charge in [-0.05, 0) is 18.6 Å². The summed E-state index contributed by atoms with van der Waals surface area (Å²) >= 11 is 0. The van der Waals surface area contributed by atoms with Crippen LogP contribution in [0.1, 0.15) is 12.5 Å². The smallest absolute Gasteiger partial charge is 0.311 e. The van der Waals surface area contributed by atoms with Crippen molar-refractivity contribution < 1.29 is 14.2 Å². The van der Waals surface area contributed by atoms with Gasteiger partial charge in [-0.25, -0.2) is 0 Å². The van der Waals surface area contributed by atoms with E-state index >= 15 is 0 Å². The first-order valence-corrected chi connectivity index (χ1v) is 5.65. The molecule has 0 aliphatic carbocycles. The molecule has 0 spiro atoms. The Morgan fingerprint density at radius 1 is 1.53 bits per heavy atom. The zero-order chi connectivity index (χ0) is 14.0. The summed E-state index contributed by atoms with van der Waals surface area (Å²) in [6, 6.07) is 4.58. The van der Waals surface area contributed by atoms with E-state index in [1.807, 2.05) is 6.92 Å². The van der Waals surface area contributed by atoms with Gasteiger partial charge in [-0.3, -0.25) is 10.1 Å². The molecule has 0 aliphatic rings. The number of aromatic nitrogens is 1. The number of anilines is 1. The number of nitrogens with two attached hydrogens (primary N) is 1. The highest BCUT2D eigenvalue weighted by molar-refractivity contribution is 5.70. The molecule has 0 saturated heterocycles. The molecule has 2 N–H and O–H groups in total. The zero-order valence-electron chi connectivity index (χ0n) is 10.5. The van der Waals surface area contributed by atoms with Crippen LogP contribution in [0.4, 0.5) is 11.5 Å². The summed E-state index contributed by atoms with van der Waals surface area (Å²) in [6.45, 7) is 1.91. The van der Waals surface area contributed by atoms with E-state index in [1.165, 1.54) is 19.2 Å². The number of nitro groups is 1. The van der Waals surface area contributed by atoms with Gasteiger partial charge in [-0.1, -0.05) is 12.1 Å². The number of hydrogen-bond donors (Lipinski definition) is 1. The molecule has 2 rings (SSSR count). The zero-order valence-corrected chi connectivity index (χ0v) is 10.5. The molecule has 0 bridgehead atoms. The standard InChI is InChI=1S/C12H13N3O4/c1-3-8-11(19-14-12(8)13)7-4-5-10(18-2)9(6-7)15(16)17/h4-6H,3H2,1-2H3,(H2,13,14). The minimum Gasteiger partial charge on any atom is -0.490 e. The molecule has 0 aliphatic heterocycles. The van der Waals surface area contributed by atoms with Crippen molar-refractivity contribution in [1.29, 1.82) is 0 Å². The first-order valence-electron chi connectivity index (χ1n) is 5.65. The summed E-state index contributed by atoms with van der Waals surface area (Å²) in [5, 5.41) is 14.7. The van der Waals surface area contributed by atoms with E-state index in [9.17, 15) is 10.1 Å². The highest BCUT2D eigenvalue weighted by Crippen LogP contribution is 2.35. The van der Waals surface area contributed by atoms with Gasteiger partial charge < -0.3 is 15.0 Å². The van der Waals surface area contributed by atoms with Crippen molar-refractivity contribution in [3.05, 3.63) is 33.9 Å². The molecular weight excluding hydrogens is 250 g/mol. The van der Waals surface area contributed by atoms with Crippen LogP contribution in [0.3, 0.4) is 0 Å². The third-order valence-electron chi connectivity index (χ3n) is 2.81. The molecule has 0 saturated carbocycles. The van der Waals surface area contributed by atoms with Crippen LogP contribution in [0.5, 0.6) is 5.75 Å². The Bertz CT molecular complexity index is 621. The van der Waals surface area contributed by atoms with Crippen molar-refractivity contribution in [2.24, 2.45) is 0 Å². The first-order chi connectivity index (χ1) is 9.08. The van der Waals surface area contributed by atoms with E-state index in [-0.39, 0.29) is 11.4 Å². The van der Waals surface area contributed by atoms with E-state index < -0.39 is 4.92 Å². The minimum absolute atomic E-state index is 0.128. The molecule has 0 unspecified atom stereocenters. The lowest BCUT2D eigenvalue weighted by Gasteiger charge is -2.04. The minimum atomic E-state index is -0.506. The third kappa shape index (κ3) is 2.22. The highest BCUT2D eigenvalue weighted by atomic mass is 16.6. The maximum Gasteiger partial charge on any atom is 0.311 e. The van der Waals surface area contributed by atoms with Gasteiger partial charge >= 0.3 is 5.69 Å². The van der Waals surface area contributed by atoms with Gasteiger partial charge in [0.05, 0.1) is 12.0 Å². The van der Waals surface area contributed by atoms with E-state index in [2.05, 4.69) is 5.16 Å². The molecule has 1 aromatic heterocycles. The number of hydrogen-bond acceptors (Lipinski definition) is 6. The van der Waals surface area contributed by atoms with Crippen molar-refractivity contribution in [3.8, 4) is 17.1 Å². The second-order valence-electron chi connectivity index (χ2n) is 3.87. The number of rotatable bonds is 4. The average molecular weight is 263 g/mol. The summed E-state index contributed by atoms with van der Waals surface area (Å²) < 4.78 is 10.1. The second-order valence-corrected chi connectivity index (χ2v) is 3.87. The maximum absolute atomic E-state index is 11.0. The number of nitro benzene ring substituents is 1. The molecule has 0 radical (unpaired) electrons. The van der Waals surface area contributed by atoms with Crippen LogP contribution in [0.25, 0.3) is 11.3 Å². The first kappa shape index (κ1) is 12.9. The average Bonchev–Trinajstić information content (AvgIpc) is 2.78. The van der Waals surface area contributed by atoms with Crippen molar-refractivity contribution >= 4 is 11.5 Å². The Labute approximate surface area is 109 Å². The van der Waals surface area contributed by atoms with Gasteiger partial charge in [-0.15, -0.1) is 0 Å². The van der Waals surface area contributed by atoms with Gasteiger partial charge in [0.15, 0.2) is 17.3 Å². The van der Waals surface area contributed by atoms with Gasteiger partial charge in [0.25, 0.3) is 0 Å². The predicted molar refractivity (Wildman–Crippen MR) is 68.9 cm³/mol. The van der Waals surface area contributed by atoms with Crippen molar-refractivity contribution in [1.82, 2.24) is 5.16 Å². The number of benzene rings is 1. The topological polar surface area (TPSA) is 104 Å². The van der Waals surface area contributed by atoms with Crippen LogP contribution in [-0.2, 0) is 6.42 Å². The maximum atomic E-state index is 11.0. The lowest BCUT2D eigenvalue weighted by molar-refractivity contribution is -0.385. The van der Waals surface area contributed by atoms with Crippen LogP contribution >= 0.6 is 0 Å². The van der Waals surface area contributed by atoms with E-state index in [0.717, 1.165) is 5.56 Å². The van der Waals surface area contributed by atoms with Crippen LogP contribution in [0.2, 0.25) is 0 Å². The van der Waals surface area contributed by atoms with Gasteiger partial charge in [0, 0.05) is 17.2 Å². The Balaban J connectivity index is 2.57. The number of ether oxygens (including phenoxy) is 1. The summed E-state index contributed by atoms with van der Waals surface area (Å²) in [5.74, 6) is 0.945. The molecule has 100 valence electrons. The molecule has 0 amide bonds. The number of nitrogen functional groups attached to an aromatic ring is 1. The molecular formula is C12H13N3O4. The summed E-state index contributed by atoms with van der Waals surface area (Å²) in [6.07, 6.45) is 0.629. The summed E-state index contributed by atoms with van der Waals surface area (Å²) in [4.78, 5) is 10.5. The molecule has 1 aromatic carbocycles. The monoisotopic (exact) mass is 263 g/mol. The third-order valence-corrected chi connectivity index (χ3v) is 2.81. The quantitative estimate of drug-likeness (QED) is 0.670. The SMILES string of the molecule is CCc1c(N)noc1-c1ccc(OC)c([N+](=O)[O-])c1. The number of methoxy groups -OCH3 is 1. The Morgan fingerprint density at radius 2 is 2.26 bits per heavy atom. The lowest BCUT2D eigenvalue weighted by Crippen LogP contribution is -1.95. The van der Waals surface area contributed by atoms with Crippen molar-refractivity contribution in [2.45, 2.75) is 13.3 Å². The van der Waals surface area contributed by atoms with E-state index in [1.54, 1.807) is 6.07 Å². The predicted octanol–water partition coefficient (Wildman–Crippen LogP) is 2.40. The van der Waals surface area contributed by atoms with Crippen LogP contribution in [0.15, 0.2) is 22.7 Å². The van der Waals surface area contributed by atoms with Crippen LogP contribution < -0.4 is 10.5 Å². The lowest BCUT2D eigenvalue weighted by atomic mass is 10.1. The van der Waals surface area contributed by atoms with Gasteiger partial charge in [-0.2, -0.15) is 0 Å². The Kier molecular flexibility index (Phi) is 3.37. The van der Waals surface area contributed by atoms with E-state index in [0.29, 0.717) is 23.6 Å². The Morgan fingerprint density at radius 3 is 2.84 bits per heavy atom. The second kappa shape index (κ2) is 4.97. The number of nitrogens with zero attached hydrogens (tertiary/aromatic N) is 2. The molecule has 2 aromatic rings. The normalized spacial score (nSPS) is 10.4. The molecule has 0 fully saturated rings. The highest BCUT2D eigenvalue weighted by Gasteiger charge is 2.20. The fourth-order valence-electron chi connectivity index (χ4n) is 1.86. The fraction of sp³-hybridized carbons (Fsp3) is 0.250. The Hall–Kier alpha value is -2.57. The van der Waals surface area contributed by atoms with Crippen LogP contribution in [-0.4, -0.2) is 17.2 Å². The fourth-order valence-corrected chi connectivity index (χ4v) is 1.86. The molecule has 7 nitrogen and oxygen atoms in total. The largest absolute Gasteiger partial charge is 0.490 e.